The summed E-state index contributed by atoms with van der Waals surface area (Å²) in [6, 6.07) is 6.15. The highest BCUT2D eigenvalue weighted by Crippen LogP contribution is 2.28. The average Bonchev–Trinajstić information content (AvgIpc) is 2.58. The van der Waals surface area contributed by atoms with Crippen LogP contribution in [-0.2, 0) is 6.61 Å². The number of aromatic nitrogens is 1. The third kappa shape index (κ3) is 1.49. The Morgan fingerprint density at radius 3 is 2.73 bits per heavy atom. The molecule has 15 heavy (non-hydrogen) atoms. The van der Waals surface area contributed by atoms with E-state index in [9.17, 15) is 5.11 Å². The summed E-state index contributed by atoms with van der Waals surface area (Å²) < 4.78 is 2.11. The fourth-order valence-corrected chi connectivity index (χ4v) is 1.94. The third-order valence-corrected chi connectivity index (χ3v) is 2.69. The van der Waals surface area contributed by atoms with Gasteiger partial charge in [-0.1, -0.05) is 12.1 Å². The second kappa shape index (κ2) is 3.59. The third-order valence-electron chi connectivity index (χ3n) is 2.69. The van der Waals surface area contributed by atoms with Gasteiger partial charge in [0.2, 0.25) is 0 Å². The van der Waals surface area contributed by atoms with Gasteiger partial charge in [0, 0.05) is 23.2 Å². The summed E-state index contributed by atoms with van der Waals surface area (Å²) in [6.45, 7) is 4.26. The minimum Gasteiger partial charge on any atom is -0.397 e. The number of para-hydroxylation sites is 1. The Hall–Kier alpha value is -1.48. The smallest absolute Gasteiger partial charge is 0.0720 e. The van der Waals surface area contributed by atoms with Crippen LogP contribution in [-0.4, -0.2) is 9.67 Å². The minimum absolute atomic E-state index is 0.0552. The molecule has 2 aromatic rings. The average molecular weight is 204 g/mol. The van der Waals surface area contributed by atoms with Crippen LogP contribution in [0, 0.1) is 0 Å². The van der Waals surface area contributed by atoms with Crippen molar-refractivity contribution in [1.29, 1.82) is 0 Å². The lowest BCUT2D eigenvalue weighted by Gasteiger charge is -2.10. The summed E-state index contributed by atoms with van der Waals surface area (Å²) >= 11 is 0. The molecule has 0 aliphatic rings. The number of nitrogens with two attached hydrogens (primary N) is 1. The first-order valence-corrected chi connectivity index (χ1v) is 5.14. The molecule has 0 saturated carbocycles. The van der Waals surface area contributed by atoms with Crippen LogP contribution in [0.3, 0.4) is 0 Å². The summed E-state index contributed by atoms with van der Waals surface area (Å²) in [4.78, 5) is 0. The molecule has 0 radical (unpaired) electrons. The van der Waals surface area contributed by atoms with Crippen molar-refractivity contribution in [2.45, 2.75) is 26.5 Å². The molecule has 0 atom stereocenters. The van der Waals surface area contributed by atoms with Gasteiger partial charge in [-0.15, -0.1) is 0 Å². The van der Waals surface area contributed by atoms with Crippen molar-refractivity contribution >= 4 is 16.6 Å². The van der Waals surface area contributed by atoms with Crippen LogP contribution < -0.4 is 5.73 Å². The Morgan fingerprint density at radius 1 is 1.40 bits per heavy atom. The maximum absolute atomic E-state index is 9.27. The van der Waals surface area contributed by atoms with Crippen molar-refractivity contribution in [1.82, 2.24) is 4.57 Å². The molecule has 0 fully saturated rings. The summed E-state index contributed by atoms with van der Waals surface area (Å²) in [7, 11) is 0. The molecule has 1 heterocycles. The number of nitrogen functional groups attached to an aromatic ring is 1. The van der Waals surface area contributed by atoms with Gasteiger partial charge in [0.15, 0.2) is 0 Å². The van der Waals surface area contributed by atoms with E-state index in [4.69, 9.17) is 5.73 Å². The first-order valence-electron chi connectivity index (χ1n) is 5.14. The van der Waals surface area contributed by atoms with Crippen LogP contribution in [0.4, 0.5) is 5.69 Å². The molecule has 0 amide bonds. The van der Waals surface area contributed by atoms with E-state index in [0.29, 0.717) is 6.04 Å². The molecule has 3 N–H and O–H groups in total. The van der Waals surface area contributed by atoms with Gasteiger partial charge < -0.3 is 15.4 Å². The normalized spacial score (nSPS) is 11.5. The molecule has 80 valence electrons. The quantitative estimate of drug-likeness (QED) is 0.737. The van der Waals surface area contributed by atoms with Crippen LogP contribution >= 0.6 is 0 Å². The van der Waals surface area contributed by atoms with Crippen LogP contribution in [0.2, 0.25) is 0 Å². The second-order valence-corrected chi connectivity index (χ2v) is 4.06. The maximum atomic E-state index is 9.27. The summed E-state index contributed by atoms with van der Waals surface area (Å²) in [5, 5.41) is 10.3. The number of nitrogens with zero attached hydrogens (tertiary/aromatic N) is 1. The Balaban J connectivity index is 2.82. The van der Waals surface area contributed by atoms with E-state index in [2.05, 4.69) is 18.4 Å². The molecule has 0 aliphatic carbocycles. The number of fused-ring (bicyclic) bond motifs is 1. The fourth-order valence-electron chi connectivity index (χ4n) is 1.94. The number of hydrogen-bond acceptors (Lipinski definition) is 2. The zero-order valence-electron chi connectivity index (χ0n) is 9.07. The van der Waals surface area contributed by atoms with E-state index in [0.717, 1.165) is 22.2 Å². The molecular weight excluding hydrogens is 188 g/mol. The Labute approximate surface area is 89.1 Å². The number of aliphatic hydroxyl groups excluding tert-OH is 1. The molecule has 0 spiro atoms. The van der Waals surface area contributed by atoms with Crippen molar-refractivity contribution in [2.24, 2.45) is 0 Å². The number of aliphatic hydroxyl groups is 1. The first kappa shape index (κ1) is 10.1. The van der Waals surface area contributed by atoms with E-state index in [1.165, 1.54) is 0 Å². The van der Waals surface area contributed by atoms with Crippen LogP contribution in [0.15, 0.2) is 24.4 Å². The van der Waals surface area contributed by atoms with Gasteiger partial charge in [-0.25, -0.2) is 0 Å². The van der Waals surface area contributed by atoms with Gasteiger partial charge in [0.25, 0.3) is 0 Å². The molecule has 0 unspecified atom stereocenters. The monoisotopic (exact) mass is 204 g/mol. The zero-order valence-corrected chi connectivity index (χ0v) is 9.07. The van der Waals surface area contributed by atoms with Crippen molar-refractivity contribution in [3.8, 4) is 0 Å². The van der Waals surface area contributed by atoms with Gasteiger partial charge in [-0.05, 0) is 19.9 Å². The van der Waals surface area contributed by atoms with E-state index >= 15 is 0 Å². The van der Waals surface area contributed by atoms with E-state index in [1.807, 2.05) is 24.4 Å². The number of benzene rings is 1. The van der Waals surface area contributed by atoms with Crippen LogP contribution in [0.5, 0.6) is 0 Å². The van der Waals surface area contributed by atoms with E-state index in [1.54, 1.807) is 0 Å². The van der Waals surface area contributed by atoms with Crippen molar-refractivity contribution in [3.05, 3.63) is 30.0 Å². The summed E-state index contributed by atoms with van der Waals surface area (Å²) in [6.07, 6.45) is 1.98. The van der Waals surface area contributed by atoms with E-state index in [-0.39, 0.29) is 6.61 Å². The van der Waals surface area contributed by atoms with Crippen LogP contribution in [0.25, 0.3) is 10.9 Å². The minimum atomic E-state index is 0.0552. The van der Waals surface area contributed by atoms with Gasteiger partial charge in [0.05, 0.1) is 17.8 Å². The van der Waals surface area contributed by atoms with Crippen molar-refractivity contribution < 1.29 is 5.11 Å². The molecule has 3 nitrogen and oxygen atoms in total. The molecule has 1 aromatic heterocycles. The zero-order chi connectivity index (χ0) is 11.0. The lowest BCUT2D eigenvalue weighted by molar-refractivity contribution is 0.283. The van der Waals surface area contributed by atoms with Crippen molar-refractivity contribution in [2.75, 3.05) is 5.73 Å². The number of rotatable bonds is 2. The molecule has 0 saturated heterocycles. The highest BCUT2D eigenvalue weighted by molar-refractivity contribution is 5.93. The standard InChI is InChI=1S/C12H16N2O/c1-8(2)14-6-9(7-15)10-4-3-5-11(13)12(10)14/h3-6,8,15H,7,13H2,1-2H3. The molecule has 0 aliphatic heterocycles. The predicted octanol–water partition coefficient (Wildman–Crippen LogP) is 2.30. The lowest BCUT2D eigenvalue weighted by Crippen LogP contribution is -2.00. The molecule has 3 heteroatoms. The second-order valence-electron chi connectivity index (χ2n) is 4.06. The molecular formula is C12H16N2O. The fraction of sp³-hybridized carbons (Fsp3) is 0.333. The topological polar surface area (TPSA) is 51.2 Å². The lowest BCUT2D eigenvalue weighted by atomic mass is 10.1. The number of hydrogen-bond donors (Lipinski definition) is 2. The Bertz CT molecular complexity index is 486. The molecule has 1 aromatic carbocycles. The molecule has 2 rings (SSSR count). The van der Waals surface area contributed by atoms with Gasteiger partial charge >= 0.3 is 0 Å². The van der Waals surface area contributed by atoms with Crippen LogP contribution in [0.1, 0.15) is 25.5 Å². The number of anilines is 1. The highest BCUT2D eigenvalue weighted by Gasteiger charge is 2.11. The molecule has 0 bridgehead atoms. The van der Waals surface area contributed by atoms with Crippen molar-refractivity contribution in [3.63, 3.8) is 0 Å². The highest BCUT2D eigenvalue weighted by atomic mass is 16.3. The van der Waals surface area contributed by atoms with Gasteiger partial charge in [-0.3, -0.25) is 0 Å². The van der Waals surface area contributed by atoms with Gasteiger partial charge in [-0.2, -0.15) is 0 Å². The predicted molar refractivity (Wildman–Crippen MR) is 62.7 cm³/mol. The largest absolute Gasteiger partial charge is 0.397 e. The first-order chi connectivity index (χ1) is 7.15. The van der Waals surface area contributed by atoms with Gasteiger partial charge in [0.1, 0.15) is 0 Å². The SMILES string of the molecule is CC(C)n1cc(CO)c2cccc(N)c21. The Kier molecular flexibility index (Phi) is 2.40. The van der Waals surface area contributed by atoms with E-state index < -0.39 is 0 Å². The maximum Gasteiger partial charge on any atom is 0.0720 e. The Morgan fingerprint density at radius 2 is 2.13 bits per heavy atom. The summed E-state index contributed by atoms with van der Waals surface area (Å²) in [5.41, 5.74) is 8.69. The summed E-state index contributed by atoms with van der Waals surface area (Å²) in [5.74, 6) is 0.